The van der Waals surface area contributed by atoms with Crippen LogP contribution in [0.1, 0.15) is 12.6 Å². The van der Waals surface area contributed by atoms with Gasteiger partial charge in [-0.05, 0) is 4.68 Å². The van der Waals surface area contributed by atoms with Crippen LogP contribution < -0.4 is 10.4 Å². The highest BCUT2D eigenvalue weighted by Crippen LogP contribution is 2.26. The largest absolute Gasteiger partial charge is 0.394 e. The molecule has 9 heteroatoms. The Kier molecular flexibility index (Phi) is 2.81. The number of hydrogen-bond donors (Lipinski definition) is 3. The zero-order chi connectivity index (χ0) is 11.7. The van der Waals surface area contributed by atoms with E-state index in [0.717, 1.165) is 4.68 Å². The maximum Gasteiger partial charge on any atom is 0.295 e. The number of nitrogen functional groups attached to an aromatic ring is 1. The van der Waals surface area contributed by atoms with E-state index in [9.17, 15) is 10.0 Å². The van der Waals surface area contributed by atoms with Crippen molar-refractivity contribution in [2.45, 2.75) is 24.9 Å². The Balaban J connectivity index is 2.23. The van der Waals surface area contributed by atoms with Crippen LogP contribution in [0.3, 0.4) is 0 Å². The summed E-state index contributed by atoms with van der Waals surface area (Å²) >= 11 is 0. The molecule has 0 saturated carbocycles. The van der Waals surface area contributed by atoms with Crippen molar-refractivity contribution in [1.29, 1.82) is 0 Å². The number of nitrogens with two attached hydrogens (primary N) is 1. The van der Waals surface area contributed by atoms with E-state index in [4.69, 9.17) is 15.6 Å². The van der Waals surface area contributed by atoms with Crippen molar-refractivity contribution < 1.29 is 19.6 Å². The fourth-order valence-corrected chi connectivity index (χ4v) is 1.55. The van der Waals surface area contributed by atoms with Gasteiger partial charge >= 0.3 is 0 Å². The first-order chi connectivity index (χ1) is 7.61. The lowest BCUT2D eigenvalue weighted by atomic mass is 10.2. The SMILES string of the molecule is Nc1ncn([C@H]2C[C@H](O)[C@@H](CO)O2)[n+](=O)n1. The molecule has 1 fully saturated rings. The van der Waals surface area contributed by atoms with E-state index in [2.05, 4.69) is 10.1 Å². The zero-order valence-corrected chi connectivity index (χ0v) is 8.30. The van der Waals surface area contributed by atoms with E-state index in [-0.39, 0.29) is 23.6 Å². The molecule has 2 heterocycles. The Labute approximate surface area is 89.7 Å². The predicted octanol–water partition coefficient (Wildman–Crippen LogP) is -2.58. The summed E-state index contributed by atoms with van der Waals surface area (Å²) in [5.74, 6) is -0.150. The third-order valence-electron chi connectivity index (χ3n) is 2.37. The molecular formula is C7H12N5O4+. The normalized spacial score (nSPS) is 29.5. The molecule has 1 aromatic rings. The van der Waals surface area contributed by atoms with E-state index in [0.29, 0.717) is 0 Å². The Bertz CT molecular complexity index is 435. The molecule has 0 aromatic carbocycles. The van der Waals surface area contributed by atoms with Gasteiger partial charge in [0.15, 0.2) is 12.6 Å². The van der Waals surface area contributed by atoms with Crippen molar-refractivity contribution in [3.63, 3.8) is 0 Å². The van der Waals surface area contributed by atoms with Crippen molar-refractivity contribution in [2.24, 2.45) is 0 Å². The van der Waals surface area contributed by atoms with Gasteiger partial charge in [-0.1, -0.05) is 0 Å². The number of aliphatic hydroxyl groups excluding tert-OH is 2. The van der Waals surface area contributed by atoms with E-state index in [1.54, 1.807) is 0 Å². The van der Waals surface area contributed by atoms with Crippen LogP contribution in [-0.4, -0.2) is 43.8 Å². The first-order valence-electron chi connectivity index (χ1n) is 4.70. The Morgan fingerprint density at radius 1 is 1.75 bits per heavy atom. The lowest BCUT2D eigenvalue weighted by Crippen LogP contribution is -2.38. The zero-order valence-electron chi connectivity index (χ0n) is 8.30. The summed E-state index contributed by atoms with van der Waals surface area (Å²) < 4.78 is 6.54. The molecule has 4 N–H and O–H groups in total. The van der Waals surface area contributed by atoms with Crippen molar-refractivity contribution in [1.82, 2.24) is 14.8 Å². The molecule has 3 atom stereocenters. The summed E-state index contributed by atoms with van der Waals surface area (Å²) in [5, 5.41) is 21.7. The average molecular weight is 230 g/mol. The van der Waals surface area contributed by atoms with Gasteiger partial charge in [0.1, 0.15) is 11.2 Å². The van der Waals surface area contributed by atoms with Crippen LogP contribution in [0.2, 0.25) is 0 Å². The summed E-state index contributed by atoms with van der Waals surface area (Å²) in [6.45, 7) is -0.313. The van der Waals surface area contributed by atoms with Crippen molar-refractivity contribution in [2.75, 3.05) is 12.3 Å². The highest BCUT2D eigenvalue weighted by molar-refractivity contribution is 5.05. The fraction of sp³-hybridized carbons (Fsp3) is 0.714. The molecule has 0 amide bonds. The van der Waals surface area contributed by atoms with E-state index >= 15 is 0 Å². The summed E-state index contributed by atoms with van der Waals surface area (Å²) in [6, 6.07) is 0. The van der Waals surface area contributed by atoms with Gasteiger partial charge < -0.3 is 20.7 Å². The predicted molar refractivity (Wildman–Crippen MR) is 49.4 cm³/mol. The minimum atomic E-state index is -0.819. The smallest absolute Gasteiger partial charge is 0.295 e. The standard InChI is InChI=1S/C7H12N5O4/c8-7-9-3-11(12(15)10-7)6-1-4(14)5(2-13)16-6/h3-6,13-14H,1-2H2,(H2,8,10,15)/q+1/t4-,5+,6+/m0/s1. The summed E-state index contributed by atoms with van der Waals surface area (Å²) in [7, 11) is 0. The topological polar surface area (TPSA) is 129 Å². The number of anilines is 1. The van der Waals surface area contributed by atoms with Crippen molar-refractivity contribution >= 4 is 5.95 Å². The second kappa shape index (κ2) is 4.12. The van der Waals surface area contributed by atoms with E-state index in [1.807, 2.05) is 0 Å². The van der Waals surface area contributed by atoms with Crippen LogP contribution in [-0.2, 0) is 4.74 Å². The quantitative estimate of drug-likeness (QED) is 0.475. The lowest BCUT2D eigenvalue weighted by molar-refractivity contribution is -0.668. The van der Waals surface area contributed by atoms with Crippen LogP contribution in [0.25, 0.3) is 0 Å². The highest BCUT2D eigenvalue weighted by Gasteiger charge is 2.38. The van der Waals surface area contributed by atoms with Crippen LogP contribution >= 0.6 is 0 Å². The lowest BCUT2D eigenvalue weighted by Gasteiger charge is -2.09. The molecule has 0 unspecified atom stereocenters. The number of aromatic nitrogens is 4. The van der Waals surface area contributed by atoms with Crippen molar-refractivity contribution in [3.8, 4) is 0 Å². The van der Waals surface area contributed by atoms with Gasteiger partial charge in [0.05, 0.1) is 17.6 Å². The molecule has 2 rings (SSSR count). The van der Waals surface area contributed by atoms with Gasteiger partial charge in [-0.2, -0.15) is 4.98 Å². The van der Waals surface area contributed by atoms with Crippen LogP contribution in [0.4, 0.5) is 5.95 Å². The molecule has 0 radical (unpaired) electrons. The molecular weight excluding hydrogens is 218 g/mol. The van der Waals surface area contributed by atoms with Gasteiger partial charge in [-0.3, -0.25) is 0 Å². The minimum Gasteiger partial charge on any atom is -0.394 e. The summed E-state index contributed by atoms with van der Waals surface area (Å²) in [4.78, 5) is 15.0. The maximum absolute atomic E-state index is 11.4. The maximum atomic E-state index is 11.4. The fourth-order valence-electron chi connectivity index (χ4n) is 1.55. The first kappa shape index (κ1) is 10.9. The molecule has 9 nitrogen and oxygen atoms in total. The van der Waals surface area contributed by atoms with Gasteiger partial charge in [-0.15, -0.1) is 0 Å². The number of aliphatic hydroxyl groups is 2. The molecule has 1 saturated heterocycles. The molecule has 1 aliphatic rings. The second-order valence-electron chi connectivity index (χ2n) is 3.45. The van der Waals surface area contributed by atoms with Gasteiger partial charge in [-0.25, -0.2) is 0 Å². The van der Waals surface area contributed by atoms with E-state index in [1.165, 1.54) is 6.33 Å². The van der Waals surface area contributed by atoms with Crippen LogP contribution in [0, 0.1) is 4.91 Å². The minimum absolute atomic E-state index is 0.150. The van der Waals surface area contributed by atoms with Crippen molar-refractivity contribution in [3.05, 3.63) is 11.2 Å². The van der Waals surface area contributed by atoms with Gasteiger partial charge in [0.2, 0.25) is 0 Å². The molecule has 16 heavy (non-hydrogen) atoms. The van der Waals surface area contributed by atoms with Crippen LogP contribution in [0.5, 0.6) is 0 Å². The third-order valence-corrected chi connectivity index (χ3v) is 2.37. The Morgan fingerprint density at radius 2 is 2.50 bits per heavy atom. The molecule has 0 spiro atoms. The van der Waals surface area contributed by atoms with Crippen LogP contribution in [0.15, 0.2) is 6.33 Å². The molecule has 0 aliphatic carbocycles. The summed E-state index contributed by atoms with van der Waals surface area (Å²) in [6.07, 6.45) is -0.863. The Morgan fingerprint density at radius 3 is 3.06 bits per heavy atom. The number of hydrogen-bond acceptors (Lipinski definition) is 7. The summed E-state index contributed by atoms with van der Waals surface area (Å²) in [5.41, 5.74) is 5.22. The number of rotatable bonds is 2. The van der Waals surface area contributed by atoms with E-state index < -0.39 is 18.4 Å². The Hall–Kier alpha value is -1.58. The van der Waals surface area contributed by atoms with Gasteiger partial charge in [0, 0.05) is 6.42 Å². The highest BCUT2D eigenvalue weighted by atomic mass is 16.5. The molecule has 0 bridgehead atoms. The average Bonchev–Trinajstić information content (AvgIpc) is 2.59. The first-order valence-corrected chi connectivity index (χ1v) is 4.70. The van der Waals surface area contributed by atoms with Gasteiger partial charge in [0.25, 0.3) is 10.6 Å². The number of ether oxygens (including phenoxy) is 1. The molecule has 1 aromatic heterocycles. The monoisotopic (exact) mass is 230 g/mol. The second-order valence-corrected chi connectivity index (χ2v) is 3.45. The third kappa shape index (κ3) is 1.87. The number of nitrogens with zero attached hydrogens (tertiary/aromatic N) is 4. The molecule has 1 aliphatic heterocycles. The molecule has 88 valence electrons.